The molecule has 0 saturated carbocycles. The van der Waals surface area contributed by atoms with Crippen LogP contribution in [0, 0.1) is 6.92 Å². The lowest BCUT2D eigenvalue weighted by Gasteiger charge is -2.28. The van der Waals surface area contributed by atoms with Crippen molar-refractivity contribution in [2.75, 3.05) is 18.5 Å². The number of hydrogen-bond acceptors (Lipinski definition) is 3. The Morgan fingerprint density at radius 1 is 1.24 bits per heavy atom. The largest absolute Gasteiger partial charge is 0.494 e. The van der Waals surface area contributed by atoms with Crippen LogP contribution in [-0.4, -0.2) is 19.3 Å². The highest BCUT2D eigenvalue weighted by Crippen LogP contribution is 2.31. The summed E-state index contributed by atoms with van der Waals surface area (Å²) < 4.78 is 11.8. The summed E-state index contributed by atoms with van der Waals surface area (Å²) in [6.07, 6.45) is 0.970. The Labute approximate surface area is 125 Å². The van der Waals surface area contributed by atoms with Crippen LogP contribution in [-0.2, 0) is 6.42 Å². The van der Waals surface area contributed by atoms with Gasteiger partial charge in [-0.2, -0.15) is 0 Å². The lowest BCUT2D eigenvalue weighted by molar-refractivity contribution is 0.204. The van der Waals surface area contributed by atoms with Gasteiger partial charge in [0.2, 0.25) is 0 Å². The van der Waals surface area contributed by atoms with Gasteiger partial charge in [-0.1, -0.05) is 24.3 Å². The highest BCUT2D eigenvalue weighted by atomic mass is 16.5. The summed E-state index contributed by atoms with van der Waals surface area (Å²) in [5.41, 5.74) is 3.52. The molecular weight excluding hydrogens is 262 g/mol. The minimum atomic E-state index is 0.127. The van der Waals surface area contributed by atoms with Gasteiger partial charge in [0.1, 0.15) is 17.6 Å². The van der Waals surface area contributed by atoms with Crippen molar-refractivity contribution in [3.05, 3.63) is 53.6 Å². The third-order valence-electron chi connectivity index (χ3n) is 3.67. The van der Waals surface area contributed by atoms with Crippen LogP contribution in [0.3, 0.4) is 0 Å². The van der Waals surface area contributed by atoms with Gasteiger partial charge in [0.15, 0.2) is 0 Å². The zero-order valence-electron chi connectivity index (χ0n) is 12.6. The molecule has 3 heteroatoms. The Hall–Kier alpha value is -2.16. The van der Waals surface area contributed by atoms with Gasteiger partial charge in [0, 0.05) is 6.42 Å². The maximum Gasteiger partial charge on any atom is 0.142 e. The number of benzene rings is 2. The van der Waals surface area contributed by atoms with Gasteiger partial charge in [0.05, 0.1) is 18.8 Å². The standard InChI is InChI=1S/C18H21NO2/c1-3-20-17-7-5-4-6-14(17)11-15-12-19-16-10-13(2)8-9-18(16)21-15/h4-10,15,19H,3,11-12H2,1-2H3. The first kappa shape index (κ1) is 13.8. The lowest BCUT2D eigenvalue weighted by Crippen LogP contribution is -2.32. The van der Waals surface area contributed by atoms with E-state index in [1.165, 1.54) is 11.1 Å². The molecule has 0 amide bonds. The van der Waals surface area contributed by atoms with E-state index in [0.29, 0.717) is 6.61 Å². The van der Waals surface area contributed by atoms with Crippen molar-refractivity contribution in [1.82, 2.24) is 0 Å². The molecule has 3 nitrogen and oxygen atoms in total. The maximum atomic E-state index is 6.11. The highest BCUT2D eigenvalue weighted by molar-refractivity contribution is 5.59. The van der Waals surface area contributed by atoms with E-state index in [0.717, 1.165) is 30.2 Å². The molecule has 0 aliphatic carbocycles. The number of para-hydroxylation sites is 1. The minimum absolute atomic E-state index is 0.127. The van der Waals surface area contributed by atoms with E-state index >= 15 is 0 Å². The summed E-state index contributed by atoms with van der Waals surface area (Å²) in [4.78, 5) is 0. The Bertz CT molecular complexity index is 624. The number of ether oxygens (including phenoxy) is 2. The van der Waals surface area contributed by atoms with Gasteiger partial charge in [-0.25, -0.2) is 0 Å². The maximum absolute atomic E-state index is 6.11. The van der Waals surface area contributed by atoms with Gasteiger partial charge in [0.25, 0.3) is 0 Å². The topological polar surface area (TPSA) is 30.5 Å². The van der Waals surface area contributed by atoms with E-state index in [9.17, 15) is 0 Å². The fourth-order valence-electron chi connectivity index (χ4n) is 2.66. The molecule has 1 heterocycles. The zero-order chi connectivity index (χ0) is 14.7. The van der Waals surface area contributed by atoms with Crippen molar-refractivity contribution in [3.8, 4) is 11.5 Å². The summed E-state index contributed by atoms with van der Waals surface area (Å²) in [6, 6.07) is 14.4. The Morgan fingerprint density at radius 2 is 2.10 bits per heavy atom. The molecule has 2 aromatic carbocycles. The van der Waals surface area contributed by atoms with Gasteiger partial charge < -0.3 is 14.8 Å². The van der Waals surface area contributed by atoms with E-state index in [-0.39, 0.29) is 6.10 Å². The average molecular weight is 283 g/mol. The fraction of sp³-hybridized carbons (Fsp3) is 0.333. The van der Waals surface area contributed by atoms with Crippen LogP contribution >= 0.6 is 0 Å². The second-order valence-electron chi connectivity index (χ2n) is 5.37. The number of hydrogen-bond donors (Lipinski definition) is 1. The summed E-state index contributed by atoms with van der Waals surface area (Å²) in [7, 11) is 0. The molecule has 1 unspecified atom stereocenters. The number of nitrogens with one attached hydrogen (secondary N) is 1. The SMILES string of the molecule is CCOc1ccccc1CC1CNc2cc(C)ccc2O1. The van der Waals surface area contributed by atoms with Gasteiger partial charge in [-0.15, -0.1) is 0 Å². The van der Waals surface area contributed by atoms with Crippen LogP contribution in [0.4, 0.5) is 5.69 Å². The second kappa shape index (κ2) is 6.08. The third-order valence-corrected chi connectivity index (χ3v) is 3.67. The molecule has 0 bridgehead atoms. The first-order chi connectivity index (χ1) is 10.3. The molecule has 0 spiro atoms. The Kier molecular flexibility index (Phi) is 4.00. The van der Waals surface area contributed by atoms with Crippen molar-refractivity contribution in [1.29, 1.82) is 0 Å². The van der Waals surface area contributed by atoms with Crippen LogP contribution < -0.4 is 14.8 Å². The van der Waals surface area contributed by atoms with Crippen LogP contribution in [0.25, 0.3) is 0 Å². The first-order valence-electron chi connectivity index (χ1n) is 7.48. The summed E-state index contributed by atoms with van der Waals surface area (Å²) in [5.74, 6) is 1.89. The smallest absolute Gasteiger partial charge is 0.142 e. The van der Waals surface area contributed by atoms with Crippen molar-refractivity contribution < 1.29 is 9.47 Å². The molecular formula is C18H21NO2. The predicted molar refractivity (Wildman–Crippen MR) is 85.4 cm³/mol. The van der Waals surface area contributed by atoms with Crippen molar-refractivity contribution in [3.63, 3.8) is 0 Å². The molecule has 21 heavy (non-hydrogen) atoms. The molecule has 2 aromatic rings. The van der Waals surface area contributed by atoms with E-state index < -0.39 is 0 Å². The van der Waals surface area contributed by atoms with E-state index in [4.69, 9.17) is 9.47 Å². The monoisotopic (exact) mass is 283 g/mol. The van der Waals surface area contributed by atoms with Crippen LogP contribution in [0.2, 0.25) is 0 Å². The molecule has 0 radical (unpaired) electrons. The highest BCUT2D eigenvalue weighted by Gasteiger charge is 2.20. The normalized spacial score (nSPS) is 16.6. The van der Waals surface area contributed by atoms with Crippen molar-refractivity contribution in [2.24, 2.45) is 0 Å². The average Bonchev–Trinajstić information content (AvgIpc) is 2.50. The molecule has 0 aromatic heterocycles. The fourth-order valence-corrected chi connectivity index (χ4v) is 2.66. The molecule has 1 aliphatic rings. The number of fused-ring (bicyclic) bond motifs is 1. The summed E-state index contributed by atoms with van der Waals surface area (Å²) in [6.45, 7) is 5.60. The predicted octanol–water partition coefficient (Wildman–Crippen LogP) is 3.81. The number of anilines is 1. The first-order valence-corrected chi connectivity index (χ1v) is 7.48. The molecule has 0 fully saturated rings. The van der Waals surface area contributed by atoms with Gasteiger partial charge >= 0.3 is 0 Å². The zero-order valence-corrected chi connectivity index (χ0v) is 12.6. The van der Waals surface area contributed by atoms with E-state index in [2.05, 4.69) is 30.4 Å². The van der Waals surface area contributed by atoms with Crippen molar-refractivity contribution >= 4 is 5.69 Å². The minimum Gasteiger partial charge on any atom is -0.494 e. The van der Waals surface area contributed by atoms with Crippen LogP contribution in [0.15, 0.2) is 42.5 Å². The van der Waals surface area contributed by atoms with Crippen LogP contribution in [0.5, 0.6) is 11.5 Å². The Balaban J connectivity index is 1.74. The third kappa shape index (κ3) is 3.13. The Morgan fingerprint density at radius 3 is 2.95 bits per heavy atom. The van der Waals surface area contributed by atoms with E-state index in [1.54, 1.807) is 0 Å². The molecule has 3 rings (SSSR count). The van der Waals surface area contributed by atoms with E-state index in [1.807, 2.05) is 31.2 Å². The molecule has 1 aliphatic heterocycles. The summed E-state index contributed by atoms with van der Waals surface area (Å²) in [5, 5.41) is 3.46. The number of aryl methyl sites for hydroxylation is 1. The quantitative estimate of drug-likeness (QED) is 0.925. The molecule has 1 N–H and O–H groups in total. The number of rotatable bonds is 4. The molecule has 110 valence electrons. The summed E-state index contributed by atoms with van der Waals surface area (Å²) >= 11 is 0. The van der Waals surface area contributed by atoms with Crippen LogP contribution in [0.1, 0.15) is 18.1 Å². The molecule has 1 atom stereocenters. The van der Waals surface area contributed by atoms with Gasteiger partial charge in [-0.05, 0) is 43.2 Å². The second-order valence-corrected chi connectivity index (χ2v) is 5.37. The lowest BCUT2D eigenvalue weighted by atomic mass is 10.0. The van der Waals surface area contributed by atoms with Crippen molar-refractivity contribution in [2.45, 2.75) is 26.4 Å². The van der Waals surface area contributed by atoms with Gasteiger partial charge in [-0.3, -0.25) is 0 Å². The molecule has 0 saturated heterocycles.